The summed E-state index contributed by atoms with van der Waals surface area (Å²) in [6.07, 6.45) is 8.18. The number of aromatic amines is 3. The molecule has 78 heavy (non-hydrogen) atoms. The number of fused-ring (bicyclic) bond motifs is 15. The predicted octanol–water partition coefficient (Wildman–Crippen LogP) is 17.6. The number of hydrogen-bond donors (Lipinski definition) is 3. The van der Waals surface area contributed by atoms with Gasteiger partial charge in [0.15, 0.2) is 12.4 Å². The van der Waals surface area contributed by atoms with Crippen LogP contribution in [0.15, 0.2) is 255 Å². The molecule has 0 saturated carbocycles. The third-order valence-electron chi connectivity index (χ3n) is 16.3. The highest BCUT2D eigenvalue weighted by Gasteiger charge is 2.21. The lowest BCUT2D eigenvalue weighted by Crippen LogP contribution is -2.29. The number of pyridine rings is 2. The van der Waals surface area contributed by atoms with Gasteiger partial charge in [0.1, 0.15) is 0 Å². The van der Waals surface area contributed by atoms with Gasteiger partial charge in [0.25, 0.3) is 0 Å². The fraction of sp³-hybridized carbons (Fsp3) is 0. The number of nitrogens with one attached hydrogen (secondary N) is 3. The Balaban J connectivity index is 0.733. The van der Waals surface area contributed by atoms with Gasteiger partial charge in [-0.2, -0.15) is 4.57 Å². The molecular weight excluding hydrogens is 953 g/mol. The van der Waals surface area contributed by atoms with Crippen molar-refractivity contribution in [2.75, 3.05) is 4.90 Å². The van der Waals surface area contributed by atoms with E-state index in [1.165, 1.54) is 70.9 Å². The second-order valence-corrected chi connectivity index (χ2v) is 20.6. The van der Waals surface area contributed by atoms with Crippen molar-refractivity contribution in [1.29, 1.82) is 0 Å². The van der Waals surface area contributed by atoms with Crippen LogP contribution in [0.2, 0.25) is 0 Å². The molecule has 0 aliphatic heterocycles. The molecule has 3 N–H and O–H groups in total. The molecule has 0 spiro atoms. The summed E-state index contributed by atoms with van der Waals surface area (Å²) in [6, 6.07) is 84.0. The second-order valence-electron chi connectivity index (χ2n) is 20.6. The van der Waals surface area contributed by atoms with Crippen LogP contribution in [0.4, 0.5) is 17.1 Å². The van der Waals surface area contributed by atoms with Gasteiger partial charge in [0, 0.05) is 135 Å². The van der Waals surface area contributed by atoms with E-state index in [2.05, 4.69) is 275 Å². The summed E-state index contributed by atoms with van der Waals surface area (Å²) >= 11 is 0. The van der Waals surface area contributed by atoms with Gasteiger partial charge < -0.3 is 29.0 Å². The van der Waals surface area contributed by atoms with Crippen molar-refractivity contribution in [3.8, 4) is 28.2 Å². The summed E-state index contributed by atoms with van der Waals surface area (Å²) in [6.45, 7) is 0. The van der Waals surface area contributed by atoms with Crippen molar-refractivity contribution in [2.45, 2.75) is 0 Å². The van der Waals surface area contributed by atoms with E-state index >= 15 is 0 Å². The summed E-state index contributed by atoms with van der Waals surface area (Å²) in [5.74, 6) is 0. The molecule has 17 aromatic rings. The highest BCUT2D eigenvalue weighted by atomic mass is 15.1. The Bertz CT molecular complexity index is 5280. The Morgan fingerprint density at radius 3 is 1.50 bits per heavy atom. The Kier molecular flexibility index (Phi) is 8.96. The highest BCUT2D eigenvalue weighted by Crippen LogP contribution is 2.41. The fourth-order valence-electron chi connectivity index (χ4n) is 12.6. The molecule has 0 bridgehead atoms. The summed E-state index contributed by atoms with van der Waals surface area (Å²) in [4.78, 5) is 17.6. The maximum Gasteiger partial charge on any atom is 0.210 e. The summed E-state index contributed by atoms with van der Waals surface area (Å²) in [7, 11) is 0. The van der Waals surface area contributed by atoms with E-state index in [0.29, 0.717) is 0 Å². The number of rotatable bonds is 7. The molecule has 0 radical (unpaired) electrons. The Hall–Kier alpha value is -10.7. The van der Waals surface area contributed by atoms with Gasteiger partial charge in [-0.05, 0) is 139 Å². The standard InChI is InChI=1S/C70H44N8/c1-2-10-46(11-3-1)76(48-24-27-63-55(38-48)59-41-71-34-32-65(59)73-63)47-22-20-45(21-23-47)75-35-33-66-60(42-75)56-40-50(26-29-64(56)74-66)78-68-17-9-6-14-53(68)58-37-44(19-31-70(58)78)43-18-30-69-57(36-43)52-13-5-8-16-67(52)77(69)49-25-28-62-54(39-49)51-12-4-7-15-61(51)72-62/h1-42,72H,(H,71,73)/p+1. The number of nitrogens with zero attached hydrogens (tertiary/aromatic N) is 5. The molecule has 0 amide bonds. The van der Waals surface area contributed by atoms with E-state index in [1.807, 2.05) is 18.5 Å². The number of para-hydroxylation sites is 4. The Morgan fingerprint density at radius 2 is 0.833 bits per heavy atom. The monoisotopic (exact) mass is 997 g/mol. The van der Waals surface area contributed by atoms with Crippen LogP contribution in [0, 0.1) is 0 Å². The van der Waals surface area contributed by atoms with E-state index in [1.54, 1.807) is 0 Å². The van der Waals surface area contributed by atoms with Crippen molar-refractivity contribution in [3.63, 3.8) is 0 Å². The van der Waals surface area contributed by atoms with Gasteiger partial charge in [0.05, 0.1) is 33.0 Å². The average molecular weight is 998 g/mol. The molecular formula is C70H45N8+. The molecule has 7 aromatic heterocycles. The largest absolute Gasteiger partial charge is 0.355 e. The zero-order chi connectivity index (χ0) is 51.0. The van der Waals surface area contributed by atoms with Gasteiger partial charge >= 0.3 is 0 Å². The zero-order valence-electron chi connectivity index (χ0n) is 42.0. The summed E-state index contributed by atoms with van der Waals surface area (Å²) < 4.78 is 7.07. The van der Waals surface area contributed by atoms with Crippen molar-refractivity contribution in [1.82, 2.24) is 29.1 Å². The topological polar surface area (TPSA) is 77.2 Å². The first-order valence-corrected chi connectivity index (χ1v) is 26.5. The number of aromatic nitrogens is 7. The Labute approximate surface area is 445 Å². The maximum absolute atomic E-state index is 4.43. The average Bonchev–Trinajstić information content (AvgIpc) is 4.34. The van der Waals surface area contributed by atoms with Gasteiger partial charge in [-0.25, -0.2) is 0 Å². The first kappa shape index (κ1) is 42.6. The molecule has 364 valence electrons. The van der Waals surface area contributed by atoms with E-state index in [9.17, 15) is 0 Å². The van der Waals surface area contributed by atoms with E-state index in [-0.39, 0.29) is 0 Å². The number of hydrogen-bond acceptors (Lipinski definition) is 2. The van der Waals surface area contributed by atoms with Crippen molar-refractivity contribution >= 4 is 126 Å². The van der Waals surface area contributed by atoms with Crippen molar-refractivity contribution < 1.29 is 4.57 Å². The summed E-state index contributed by atoms with van der Waals surface area (Å²) in [5, 5.41) is 12.0. The van der Waals surface area contributed by atoms with Crippen LogP contribution in [-0.2, 0) is 0 Å². The zero-order valence-corrected chi connectivity index (χ0v) is 42.0. The van der Waals surface area contributed by atoms with E-state index < -0.39 is 0 Å². The molecule has 0 fully saturated rings. The van der Waals surface area contributed by atoms with Crippen LogP contribution in [0.1, 0.15) is 0 Å². The quantitative estimate of drug-likeness (QED) is 0.139. The van der Waals surface area contributed by atoms with Gasteiger partial charge in [-0.1, -0.05) is 84.9 Å². The molecule has 0 unspecified atom stereocenters. The first-order chi connectivity index (χ1) is 38.6. The van der Waals surface area contributed by atoms with Crippen LogP contribution in [0.25, 0.3) is 137 Å². The molecule has 0 aliphatic carbocycles. The van der Waals surface area contributed by atoms with Crippen molar-refractivity contribution in [2.24, 2.45) is 0 Å². The van der Waals surface area contributed by atoms with Crippen molar-refractivity contribution in [3.05, 3.63) is 255 Å². The lowest BCUT2D eigenvalue weighted by Gasteiger charge is -2.25. The smallest absolute Gasteiger partial charge is 0.210 e. The molecule has 8 nitrogen and oxygen atoms in total. The molecule has 0 aliphatic rings. The Morgan fingerprint density at radius 1 is 0.333 bits per heavy atom. The highest BCUT2D eigenvalue weighted by molar-refractivity contribution is 6.15. The van der Waals surface area contributed by atoms with Crippen LogP contribution in [0.5, 0.6) is 0 Å². The lowest BCUT2D eigenvalue weighted by molar-refractivity contribution is -0.594. The maximum atomic E-state index is 4.43. The number of anilines is 3. The van der Waals surface area contributed by atoms with Gasteiger partial charge in [0.2, 0.25) is 5.69 Å². The minimum absolute atomic E-state index is 1.07. The third kappa shape index (κ3) is 6.41. The van der Waals surface area contributed by atoms with Crippen LogP contribution in [0.3, 0.4) is 0 Å². The predicted molar refractivity (Wildman–Crippen MR) is 323 cm³/mol. The first-order valence-electron chi connectivity index (χ1n) is 26.5. The van der Waals surface area contributed by atoms with Crippen LogP contribution < -0.4 is 9.47 Å². The SMILES string of the molecule is c1ccc(N(c2ccc(-[n+]3ccc4[nH]c5ccc(-n6c7ccccc7c7cc(-c8ccc9c(c8)c8ccccc8n9-c8ccc9[nH]c%10ccccc%10c9c8)ccc76)cc5c4c3)cc2)c2ccc3[nH]c4ccncc4c3c2)cc1. The molecule has 7 heterocycles. The van der Waals surface area contributed by atoms with Crippen LogP contribution in [-0.4, -0.2) is 29.1 Å². The van der Waals surface area contributed by atoms with Crippen LogP contribution >= 0.6 is 0 Å². The van der Waals surface area contributed by atoms with E-state index in [4.69, 9.17) is 0 Å². The molecule has 0 saturated heterocycles. The van der Waals surface area contributed by atoms with Gasteiger partial charge in [-0.15, -0.1) is 0 Å². The second kappa shape index (κ2) is 16.4. The fourth-order valence-corrected chi connectivity index (χ4v) is 12.6. The lowest BCUT2D eigenvalue weighted by atomic mass is 10.0. The number of H-pyrrole nitrogens is 3. The summed E-state index contributed by atoms with van der Waals surface area (Å²) in [5.41, 5.74) is 20.3. The minimum Gasteiger partial charge on any atom is -0.355 e. The van der Waals surface area contributed by atoms with Gasteiger partial charge in [-0.3, -0.25) is 4.98 Å². The van der Waals surface area contributed by atoms with E-state index in [0.717, 1.165) is 83.4 Å². The molecule has 10 aromatic carbocycles. The normalized spacial score (nSPS) is 12.1. The molecule has 8 heteroatoms. The molecule has 17 rings (SSSR count). The third-order valence-corrected chi connectivity index (χ3v) is 16.3. The molecule has 0 atom stereocenters. The number of benzene rings is 10. The minimum atomic E-state index is 1.07.